The van der Waals surface area contributed by atoms with Gasteiger partial charge in [0, 0.05) is 12.2 Å². The van der Waals surface area contributed by atoms with E-state index in [0.29, 0.717) is 35.7 Å². The number of anilines is 1. The maximum absolute atomic E-state index is 12.1. The van der Waals surface area contributed by atoms with Crippen molar-refractivity contribution in [1.82, 2.24) is 10.7 Å². The van der Waals surface area contributed by atoms with Crippen LogP contribution in [-0.4, -0.2) is 44.2 Å². The monoisotopic (exact) mass is 474 g/mol. The van der Waals surface area contributed by atoms with Gasteiger partial charge in [-0.1, -0.05) is 48.5 Å². The first-order valence-corrected chi connectivity index (χ1v) is 10.9. The van der Waals surface area contributed by atoms with Gasteiger partial charge >= 0.3 is 11.8 Å². The van der Waals surface area contributed by atoms with Crippen molar-refractivity contribution in [3.63, 3.8) is 0 Å². The molecule has 3 rings (SSSR count). The number of rotatable bonds is 10. The Morgan fingerprint density at radius 3 is 2.31 bits per heavy atom. The molecule has 35 heavy (non-hydrogen) atoms. The highest BCUT2D eigenvalue weighted by Gasteiger charge is 2.12. The number of hydrazone groups is 1. The molecule has 180 valence electrons. The fourth-order valence-corrected chi connectivity index (χ4v) is 3.01. The second kappa shape index (κ2) is 13.1. The van der Waals surface area contributed by atoms with Crippen molar-refractivity contribution in [1.29, 1.82) is 0 Å². The minimum atomic E-state index is -0.870. The Hall–Kier alpha value is -4.66. The van der Waals surface area contributed by atoms with Crippen LogP contribution in [0.25, 0.3) is 0 Å². The number of ether oxygens (including phenoxy) is 2. The number of nitrogens with zero attached hydrogens (tertiary/aromatic N) is 1. The summed E-state index contributed by atoms with van der Waals surface area (Å²) in [5, 5.41) is 9.09. The molecule has 3 amide bonds. The first-order valence-electron chi connectivity index (χ1n) is 10.9. The van der Waals surface area contributed by atoms with E-state index in [1.807, 2.05) is 48.5 Å². The van der Waals surface area contributed by atoms with Gasteiger partial charge in [0.05, 0.1) is 13.3 Å². The Balaban J connectivity index is 1.45. The van der Waals surface area contributed by atoms with Crippen molar-refractivity contribution >= 4 is 29.6 Å². The summed E-state index contributed by atoms with van der Waals surface area (Å²) in [5.41, 5.74) is 4.51. The molecule has 0 unspecified atom stereocenters. The van der Waals surface area contributed by atoms with E-state index in [1.165, 1.54) is 13.3 Å². The molecule has 0 aliphatic heterocycles. The smallest absolute Gasteiger partial charge is 0.329 e. The lowest BCUT2D eigenvalue weighted by Gasteiger charge is -2.11. The summed E-state index contributed by atoms with van der Waals surface area (Å²) in [6.45, 7) is 0.135. The lowest BCUT2D eigenvalue weighted by atomic mass is 10.1. The van der Waals surface area contributed by atoms with E-state index in [1.54, 1.807) is 30.3 Å². The van der Waals surface area contributed by atoms with E-state index in [-0.39, 0.29) is 12.5 Å². The minimum absolute atomic E-state index is 0.200. The Kier molecular flexibility index (Phi) is 9.38. The number of benzene rings is 3. The number of carbonyl (C=O) groups is 3. The van der Waals surface area contributed by atoms with E-state index >= 15 is 0 Å². The highest BCUT2D eigenvalue weighted by Crippen LogP contribution is 2.27. The molecule has 0 spiro atoms. The maximum Gasteiger partial charge on any atom is 0.329 e. The van der Waals surface area contributed by atoms with Crippen molar-refractivity contribution in [3.8, 4) is 11.5 Å². The molecule has 9 heteroatoms. The van der Waals surface area contributed by atoms with Gasteiger partial charge in [-0.25, -0.2) is 5.43 Å². The average molecular weight is 475 g/mol. The third kappa shape index (κ3) is 8.32. The van der Waals surface area contributed by atoms with Gasteiger partial charge in [-0.2, -0.15) is 5.10 Å². The zero-order valence-electron chi connectivity index (χ0n) is 19.2. The summed E-state index contributed by atoms with van der Waals surface area (Å²) in [6.07, 6.45) is 1.98. The number of hydrogen-bond acceptors (Lipinski definition) is 6. The Labute approximate surface area is 203 Å². The van der Waals surface area contributed by atoms with Crippen molar-refractivity contribution in [2.24, 2.45) is 5.10 Å². The normalized spacial score (nSPS) is 10.4. The van der Waals surface area contributed by atoms with E-state index in [4.69, 9.17) is 9.47 Å². The van der Waals surface area contributed by atoms with Crippen LogP contribution >= 0.6 is 0 Å². The predicted octanol–water partition coefficient (Wildman–Crippen LogP) is 2.52. The molecule has 0 aliphatic rings. The van der Waals surface area contributed by atoms with Crippen molar-refractivity contribution in [2.75, 3.05) is 25.6 Å². The highest BCUT2D eigenvalue weighted by molar-refractivity contribution is 6.35. The van der Waals surface area contributed by atoms with E-state index in [2.05, 4.69) is 21.2 Å². The van der Waals surface area contributed by atoms with Gasteiger partial charge in [-0.3, -0.25) is 14.4 Å². The zero-order valence-corrected chi connectivity index (χ0v) is 19.2. The van der Waals surface area contributed by atoms with E-state index in [9.17, 15) is 14.4 Å². The first-order chi connectivity index (χ1) is 17.0. The molecule has 0 radical (unpaired) electrons. The fraction of sp³-hybridized carbons (Fsp3) is 0.154. The van der Waals surface area contributed by atoms with Crippen LogP contribution in [-0.2, 0) is 20.8 Å². The first kappa shape index (κ1) is 25.0. The van der Waals surface area contributed by atoms with Crippen LogP contribution in [0, 0.1) is 0 Å². The molecule has 9 nitrogen and oxygen atoms in total. The average Bonchev–Trinajstić information content (AvgIpc) is 2.88. The molecule has 3 aromatic rings. The summed E-state index contributed by atoms with van der Waals surface area (Å²) < 4.78 is 10.9. The summed E-state index contributed by atoms with van der Waals surface area (Å²) >= 11 is 0. The van der Waals surface area contributed by atoms with Gasteiger partial charge < -0.3 is 20.1 Å². The molecule has 0 saturated heterocycles. The molecule has 3 aromatic carbocycles. The molecule has 0 aliphatic carbocycles. The van der Waals surface area contributed by atoms with Crippen LogP contribution in [0.4, 0.5) is 5.69 Å². The Morgan fingerprint density at radius 2 is 1.60 bits per heavy atom. The molecule has 0 fully saturated rings. The van der Waals surface area contributed by atoms with Gasteiger partial charge in [0.15, 0.2) is 18.1 Å². The van der Waals surface area contributed by atoms with E-state index in [0.717, 1.165) is 5.56 Å². The van der Waals surface area contributed by atoms with Crippen LogP contribution in [0.5, 0.6) is 11.5 Å². The van der Waals surface area contributed by atoms with Crippen molar-refractivity contribution in [3.05, 3.63) is 90.0 Å². The number of amides is 3. The van der Waals surface area contributed by atoms with Gasteiger partial charge in [0.2, 0.25) is 0 Å². The summed E-state index contributed by atoms with van der Waals surface area (Å²) in [4.78, 5) is 35.9. The Bertz CT molecular complexity index is 1170. The number of hydrogen-bond donors (Lipinski definition) is 3. The highest BCUT2D eigenvalue weighted by atomic mass is 16.5. The van der Waals surface area contributed by atoms with Gasteiger partial charge in [0.25, 0.3) is 5.91 Å². The summed E-state index contributed by atoms with van der Waals surface area (Å²) in [7, 11) is 1.47. The molecule has 3 N–H and O–H groups in total. The van der Waals surface area contributed by atoms with Crippen molar-refractivity contribution in [2.45, 2.75) is 6.42 Å². The number of para-hydroxylation sites is 1. The second-order valence-corrected chi connectivity index (χ2v) is 7.30. The summed E-state index contributed by atoms with van der Waals surface area (Å²) in [5.74, 6) is -1.20. The Morgan fingerprint density at radius 1 is 0.886 bits per heavy atom. The molecule has 0 aromatic heterocycles. The van der Waals surface area contributed by atoms with Crippen molar-refractivity contribution < 1.29 is 23.9 Å². The van der Waals surface area contributed by atoms with Crippen LogP contribution in [0.15, 0.2) is 84.0 Å². The van der Waals surface area contributed by atoms with Gasteiger partial charge in [-0.05, 0) is 47.9 Å². The SMILES string of the molecule is COc1cc(/C=N\NC(=O)C(=O)NCCc2ccccc2)ccc1OCC(=O)Nc1ccccc1. The van der Waals surface area contributed by atoms with Gasteiger partial charge in [-0.15, -0.1) is 0 Å². The number of methoxy groups -OCH3 is 1. The molecule has 0 heterocycles. The molecule has 0 bridgehead atoms. The topological polar surface area (TPSA) is 118 Å². The van der Waals surface area contributed by atoms with Crippen LogP contribution in [0.3, 0.4) is 0 Å². The lowest BCUT2D eigenvalue weighted by molar-refractivity contribution is -0.139. The van der Waals surface area contributed by atoms with Crippen LogP contribution in [0.1, 0.15) is 11.1 Å². The second-order valence-electron chi connectivity index (χ2n) is 7.30. The lowest BCUT2D eigenvalue weighted by Crippen LogP contribution is -2.38. The van der Waals surface area contributed by atoms with Crippen LogP contribution in [0.2, 0.25) is 0 Å². The third-order valence-corrected chi connectivity index (χ3v) is 4.73. The number of carbonyl (C=O) groups excluding carboxylic acids is 3. The largest absolute Gasteiger partial charge is 0.493 e. The third-order valence-electron chi connectivity index (χ3n) is 4.73. The molecular formula is C26H26N4O5. The summed E-state index contributed by atoms with van der Waals surface area (Å²) in [6, 6.07) is 23.6. The maximum atomic E-state index is 12.1. The van der Waals surface area contributed by atoms with Gasteiger partial charge in [0.1, 0.15) is 0 Å². The predicted molar refractivity (Wildman–Crippen MR) is 132 cm³/mol. The molecule has 0 saturated carbocycles. The van der Waals surface area contributed by atoms with Crippen LogP contribution < -0.4 is 25.5 Å². The standard InChI is InChI=1S/C26H26N4O5/c1-34-23-16-20(12-13-22(23)35-18-24(31)29-21-10-6-3-7-11-21)17-28-30-26(33)25(32)27-15-14-19-8-4-2-5-9-19/h2-13,16-17H,14-15,18H2,1H3,(H,27,32)(H,29,31)(H,30,33)/b28-17-. The zero-order chi connectivity index (χ0) is 24.9. The quantitative estimate of drug-likeness (QED) is 0.237. The molecular weight excluding hydrogens is 448 g/mol. The number of nitrogens with one attached hydrogen (secondary N) is 3. The minimum Gasteiger partial charge on any atom is -0.493 e. The molecule has 0 atom stereocenters. The van der Waals surface area contributed by atoms with E-state index < -0.39 is 11.8 Å². The fourth-order valence-electron chi connectivity index (χ4n) is 3.01.